The molecule has 0 bridgehead atoms. The van der Waals surface area contributed by atoms with E-state index in [-0.39, 0.29) is 4.83 Å². The van der Waals surface area contributed by atoms with Gasteiger partial charge in [0, 0.05) is 5.92 Å². The van der Waals surface area contributed by atoms with Gasteiger partial charge in [-0.15, -0.1) is 10.2 Å². The zero-order valence-electron chi connectivity index (χ0n) is 11.0. The van der Waals surface area contributed by atoms with Crippen LogP contribution < -0.4 is 0 Å². The minimum atomic E-state index is 0.171. The van der Waals surface area contributed by atoms with Crippen molar-refractivity contribution in [3.8, 4) is 0 Å². The highest BCUT2D eigenvalue weighted by atomic mass is 79.9. The van der Waals surface area contributed by atoms with Gasteiger partial charge in [0.2, 0.25) is 11.8 Å². The minimum Gasteiger partial charge on any atom is -0.424 e. The molecule has 1 aromatic heterocycles. The number of fused-ring (bicyclic) bond motifs is 1. The molecule has 19 heavy (non-hydrogen) atoms. The molecule has 0 amide bonds. The Morgan fingerprint density at radius 3 is 2.89 bits per heavy atom. The summed E-state index contributed by atoms with van der Waals surface area (Å²) in [5.74, 6) is 1.87. The van der Waals surface area contributed by atoms with Crippen molar-refractivity contribution in [1.29, 1.82) is 0 Å². The third kappa shape index (κ3) is 2.59. The van der Waals surface area contributed by atoms with Gasteiger partial charge in [-0.25, -0.2) is 0 Å². The van der Waals surface area contributed by atoms with Crippen molar-refractivity contribution < 1.29 is 4.42 Å². The summed E-state index contributed by atoms with van der Waals surface area (Å²) >= 11 is 3.55. The molecule has 1 aliphatic carbocycles. The maximum Gasteiger partial charge on any atom is 0.230 e. The Hall–Kier alpha value is -1.16. The summed E-state index contributed by atoms with van der Waals surface area (Å²) in [5, 5.41) is 8.39. The highest BCUT2D eigenvalue weighted by Crippen LogP contribution is 2.33. The summed E-state index contributed by atoms with van der Waals surface area (Å²) in [4.78, 5) is 0.171. The van der Waals surface area contributed by atoms with Gasteiger partial charge in [-0.1, -0.05) is 47.1 Å². The van der Waals surface area contributed by atoms with Crippen LogP contribution in [0.2, 0.25) is 0 Å². The first-order valence-corrected chi connectivity index (χ1v) is 7.73. The number of rotatable bonds is 3. The molecule has 1 aliphatic rings. The fourth-order valence-electron chi connectivity index (χ4n) is 2.62. The minimum absolute atomic E-state index is 0.171. The van der Waals surface area contributed by atoms with Crippen molar-refractivity contribution in [3.05, 3.63) is 47.2 Å². The first-order chi connectivity index (χ1) is 9.28. The van der Waals surface area contributed by atoms with E-state index in [4.69, 9.17) is 4.42 Å². The molecule has 0 fully saturated rings. The SMILES string of the molecule is CCC(Br)c1nnc(C2CCc3ccccc3C2)o1. The predicted octanol–water partition coefficient (Wildman–Crippen LogP) is 4.19. The maximum atomic E-state index is 5.82. The summed E-state index contributed by atoms with van der Waals surface area (Å²) in [5.41, 5.74) is 2.88. The number of hydrogen-bond acceptors (Lipinski definition) is 3. The van der Waals surface area contributed by atoms with Crippen LogP contribution in [0.4, 0.5) is 0 Å². The summed E-state index contributed by atoms with van der Waals surface area (Å²) in [6.07, 6.45) is 4.16. The second-order valence-electron chi connectivity index (χ2n) is 5.06. The lowest BCUT2D eigenvalue weighted by Gasteiger charge is -2.21. The fraction of sp³-hybridized carbons (Fsp3) is 0.467. The first-order valence-electron chi connectivity index (χ1n) is 6.82. The number of halogens is 1. The molecule has 1 heterocycles. The van der Waals surface area contributed by atoms with Crippen LogP contribution in [0.15, 0.2) is 28.7 Å². The van der Waals surface area contributed by atoms with Crippen LogP contribution in [0.1, 0.15) is 53.4 Å². The molecular weight excluding hydrogens is 304 g/mol. The molecule has 0 spiro atoms. The molecule has 0 saturated carbocycles. The molecule has 2 unspecified atom stereocenters. The highest BCUT2D eigenvalue weighted by molar-refractivity contribution is 9.09. The molecule has 1 aromatic carbocycles. The third-order valence-corrected chi connectivity index (χ3v) is 4.82. The molecule has 0 radical (unpaired) electrons. The van der Waals surface area contributed by atoms with E-state index in [2.05, 4.69) is 57.3 Å². The van der Waals surface area contributed by atoms with E-state index in [1.54, 1.807) is 0 Å². The lowest BCUT2D eigenvalue weighted by atomic mass is 9.84. The molecular formula is C15H17BrN2O. The molecule has 0 saturated heterocycles. The van der Waals surface area contributed by atoms with Crippen LogP contribution in [0.5, 0.6) is 0 Å². The zero-order chi connectivity index (χ0) is 13.2. The summed E-state index contributed by atoms with van der Waals surface area (Å²) < 4.78 is 5.82. The number of nitrogens with zero attached hydrogens (tertiary/aromatic N) is 2. The molecule has 4 heteroatoms. The summed E-state index contributed by atoms with van der Waals surface area (Å²) in [6.45, 7) is 2.10. The third-order valence-electron chi connectivity index (χ3n) is 3.78. The van der Waals surface area contributed by atoms with Gasteiger partial charge in [0.15, 0.2) is 0 Å². The van der Waals surface area contributed by atoms with Crippen LogP contribution in [-0.4, -0.2) is 10.2 Å². The lowest BCUT2D eigenvalue weighted by Crippen LogP contribution is -2.12. The Labute approximate surface area is 121 Å². The van der Waals surface area contributed by atoms with E-state index < -0.39 is 0 Å². The Balaban J connectivity index is 1.79. The van der Waals surface area contributed by atoms with Gasteiger partial charge in [0.25, 0.3) is 0 Å². The van der Waals surface area contributed by atoms with E-state index in [1.807, 2.05) is 0 Å². The van der Waals surface area contributed by atoms with Crippen molar-refractivity contribution >= 4 is 15.9 Å². The van der Waals surface area contributed by atoms with Crippen molar-refractivity contribution in [2.45, 2.75) is 43.4 Å². The van der Waals surface area contributed by atoms with Crippen LogP contribution in [0, 0.1) is 0 Å². The number of hydrogen-bond donors (Lipinski definition) is 0. The van der Waals surface area contributed by atoms with Crippen molar-refractivity contribution in [1.82, 2.24) is 10.2 Å². The van der Waals surface area contributed by atoms with E-state index in [9.17, 15) is 0 Å². The Morgan fingerprint density at radius 2 is 2.11 bits per heavy atom. The monoisotopic (exact) mass is 320 g/mol. The van der Waals surface area contributed by atoms with Crippen LogP contribution >= 0.6 is 15.9 Å². The highest BCUT2D eigenvalue weighted by Gasteiger charge is 2.25. The van der Waals surface area contributed by atoms with Gasteiger partial charge < -0.3 is 4.42 Å². The fourth-order valence-corrected chi connectivity index (χ4v) is 2.81. The summed E-state index contributed by atoms with van der Waals surface area (Å²) in [6, 6.07) is 8.64. The van der Waals surface area contributed by atoms with Crippen molar-refractivity contribution in [2.75, 3.05) is 0 Å². The van der Waals surface area contributed by atoms with Gasteiger partial charge in [0.05, 0.1) is 4.83 Å². The Kier molecular flexibility index (Phi) is 3.69. The quantitative estimate of drug-likeness (QED) is 0.796. The van der Waals surface area contributed by atoms with E-state index in [1.165, 1.54) is 11.1 Å². The van der Waals surface area contributed by atoms with E-state index in [0.717, 1.165) is 31.6 Å². The smallest absolute Gasteiger partial charge is 0.230 e. The topological polar surface area (TPSA) is 38.9 Å². The van der Waals surface area contributed by atoms with Crippen molar-refractivity contribution in [2.24, 2.45) is 0 Å². The zero-order valence-corrected chi connectivity index (χ0v) is 12.6. The number of benzene rings is 1. The first kappa shape index (κ1) is 12.9. The van der Waals surface area contributed by atoms with Gasteiger partial charge in [0.1, 0.15) is 0 Å². The number of aromatic nitrogens is 2. The number of alkyl halides is 1. The van der Waals surface area contributed by atoms with Crippen molar-refractivity contribution in [3.63, 3.8) is 0 Å². The predicted molar refractivity (Wildman–Crippen MR) is 77.5 cm³/mol. The lowest BCUT2D eigenvalue weighted by molar-refractivity contribution is 0.393. The van der Waals surface area contributed by atoms with Crippen LogP contribution in [0.25, 0.3) is 0 Å². The largest absolute Gasteiger partial charge is 0.424 e. The van der Waals surface area contributed by atoms with Crippen LogP contribution in [-0.2, 0) is 12.8 Å². The molecule has 2 atom stereocenters. The van der Waals surface area contributed by atoms with Gasteiger partial charge in [-0.2, -0.15) is 0 Å². The molecule has 2 aromatic rings. The molecule has 3 nitrogen and oxygen atoms in total. The standard InChI is InChI=1S/C15H17BrN2O/c1-2-13(16)15-18-17-14(19-15)12-8-7-10-5-3-4-6-11(10)9-12/h3-6,12-13H,2,7-9H2,1H3. The molecule has 0 aliphatic heterocycles. The van der Waals surface area contributed by atoms with E-state index >= 15 is 0 Å². The Morgan fingerprint density at radius 1 is 1.32 bits per heavy atom. The average molecular weight is 321 g/mol. The molecule has 100 valence electrons. The maximum absolute atomic E-state index is 5.82. The van der Waals surface area contributed by atoms with Gasteiger partial charge >= 0.3 is 0 Å². The number of aryl methyl sites for hydroxylation is 1. The second-order valence-corrected chi connectivity index (χ2v) is 6.17. The average Bonchev–Trinajstić information content (AvgIpc) is 2.95. The Bertz CT molecular complexity index is 567. The van der Waals surface area contributed by atoms with E-state index in [0.29, 0.717) is 11.8 Å². The van der Waals surface area contributed by atoms with Gasteiger partial charge in [-0.05, 0) is 36.8 Å². The normalized spacial score (nSPS) is 20.0. The second kappa shape index (κ2) is 5.45. The molecule has 3 rings (SSSR count). The summed E-state index contributed by atoms with van der Waals surface area (Å²) in [7, 11) is 0. The van der Waals surface area contributed by atoms with Crippen LogP contribution in [0.3, 0.4) is 0 Å². The van der Waals surface area contributed by atoms with Gasteiger partial charge in [-0.3, -0.25) is 0 Å². The molecule has 0 N–H and O–H groups in total.